The average molecular weight is 183 g/mol. The molecule has 0 aliphatic rings. The van der Waals surface area contributed by atoms with Gasteiger partial charge in [0, 0.05) is 0 Å². The normalized spacial score (nSPS) is 13.7. The van der Waals surface area contributed by atoms with Crippen LogP contribution in [0.2, 0.25) is 0 Å². The van der Waals surface area contributed by atoms with Gasteiger partial charge < -0.3 is 5.11 Å². The van der Waals surface area contributed by atoms with E-state index in [1.165, 1.54) is 0 Å². The number of aliphatic hydroxyl groups excluding tert-OH is 1. The van der Waals surface area contributed by atoms with Crippen LogP contribution in [0.5, 0.6) is 0 Å². The number of aliphatic hydroxyl groups is 1. The van der Waals surface area contributed by atoms with Gasteiger partial charge in [0.1, 0.15) is 5.69 Å². The van der Waals surface area contributed by atoms with Gasteiger partial charge in [0.05, 0.1) is 18.3 Å². The predicted octanol–water partition coefficient (Wildman–Crippen LogP) is 1.30. The fourth-order valence-corrected chi connectivity index (χ4v) is 1.19. The molecule has 1 atom stereocenters. The summed E-state index contributed by atoms with van der Waals surface area (Å²) in [6.45, 7) is 8.30. The van der Waals surface area contributed by atoms with Crippen molar-refractivity contribution in [3.63, 3.8) is 0 Å². The molecule has 0 aliphatic carbocycles. The van der Waals surface area contributed by atoms with Crippen molar-refractivity contribution in [2.45, 2.75) is 40.3 Å². The highest BCUT2D eigenvalue weighted by Crippen LogP contribution is 2.18. The van der Waals surface area contributed by atoms with E-state index in [1.54, 1.807) is 0 Å². The zero-order chi connectivity index (χ0) is 10.0. The minimum absolute atomic E-state index is 0.0311. The number of hydrogen-bond donors (Lipinski definition) is 1. The maximum absolute atomic E-state index is 8.94. The topological polar surface area (TPSA) is 50.9 Å². The largest absolute Gasteiger partial charge is 0.390 e. The molecule has 4 heteroatoms. The van der Waals surface area contributed by atoms with Crippen LogP contribution in [0, 0.1) is 12.8 Å². The number of rotatable bonds is 3. The van der Waals surface area contributed by atoms with E-state index in [9.17, 15) is 0 Å². The molecule has 1 N–H and O–H groups in total. The monoisotopic (exact) mass is 183 g/mol. The third kappa shape index (κ3) is 1.88. The number of nitrogens with zero attached hydrogens (tertiary/aromatic N) is 3. The first-order chi connectivity index (χ1) is 6.07. The Hall–Kier alpha value is -0.900. The van der Waals surface area contributed by atoms with E-state index in [0.29, 0.717) is 17.7 Å². The summed E-state index contributed by atoms with van der Waals surface area (Å²) >= 11 is 0. The van der Waals surface area contributed by atoms with Gasteiger partial charge in [0.2, 0.25) is 0 Å². The van der Waals surface area contributed by atoms with Gasteiger partial charge in [-0.25, -0.2) is 4.68 Å². The molecule has 1 heterocycles. The first-order valence-corrected chi connectivity index (χ1v) is 4.59. The molecule has 0 bridgehead atoms. The summed E-state index contributed by atoms with van der Waals surface area (Å²) < 4.78 is 1.87. The molecule has 0 saturated heterocycles. The third-order valence-electron chi connectivity index (χ3n) is 2.52. The minimum atomic E-state index is -0.0311. The van der Waals surface area contributed by atoms with Crippen molar-refractivity contribution in [1.82, 2.24) is 15.0 Å². The minimum Gasteiger partial charge on any atom is -0.390 e. The molecule has 0 radical (unpaired) electrons. The van der Waals surface area contributed by atoms with Crippen LogP contribution in [0.1, 0.15) is 38.2 Å². The third-order valence-corrected chi connectivity index (χ3v) is 2.52. The van der Waals surface area contributed by atoms with Crippen molar-refractivity contribution in [3.05, 3.63) is 11.4 Å². The van der Waals surface area contributed by atoms with Gasteiger partial charge in [-0.1, -0.05) is 19.1 Å². The van der Waals surface area contributed by atoms with E-state index in [1.807, 2.05) is 11.6 Å². The molecule has 0 aromatic carbocycles. The molecular weight excluding hydrogens is 166 g/mol. The van der Waals surface area contributed by atoms with E-state index in [4.69, 9.17) is 5.11 Å². The summed E-state index contributed by atoms with van der Waals surface area (Å²) in [4.78, 5) is 0. The Morgan fingerprint density at radius 2 is 2.00 bits per heavy atom. The maximum atomic E-state index is 8.94. The summed E-state index contributed by atoms with van der Waals surface area (Å²) in [5.74, 6) is 0.520. The van der Waals surface area contributed by atoms with E-state index in [-0.39, 0.29) is 6.61 Å². The van der Waals surface area contributed by atoms with Gasteiger partial charge in [-0.3, -0.25) is 0 Å². The van der Waals surface area contributed by atoms with Crippen LogP contribution in [0.15, 0.2) is 0 Å². The van der Waals surface area contributed by atoms with Crippen LogP contribution in [-0.4, -0.2) is 20.1 Å². The van der Waals surface area contributed by atoms with Crippen molar-refractivity contribution in [2.75, 3.05) is 0 Å². The van der Waals surface area contributed by atoms with Crippen LogP contribution in [-0.2, 0) is 6.61 Å². The van der Waals surface area contributed by atoms with Crippen LogP contribution >= 0.6 is 0 Å². The molecule has 0 spiro atoms. The first-order valence-electron chi connectivity index (χ1n) is 4.59. The van der Waals surface area contributed by atoms with E-state index >= 15 is 0 Å². The van der Waals surface area contributed by atoms with Gasteiger partial charge in [-0.2, -0.15) is 0 Å². The highest BCUT2D eigenvalue weighted by Gasteiger charge is 2.15. The summed E-state index contributed by atoms with van der Waals surface area (Å²) in [5, 5.41) is 16.9. The second kappa shape index (κ2) is 3.87. The fraction of sp³-hybridized carbons (Fsp3) is 0.778. The van der Waals surface area contributed by atoms with Gasteiger partial charge in [0.15, 0.2) is 0 Å². The second-order valence-electron chi connectivity index (χ2n) is 3.71. The molecule has 1 aromatic heterocycles. The molecule has 0 saturated carbocycles. The molecular formula is C9H17N3O. The Labute approximate surface area is 78.6 Å². The van der Waals surface area contributed by atoms with Crippen LogP contribution in [0.4, 0.5) is 0 Å². The van der Waals surface area contributed by atoms with Crippen LogP contribution in [0.25, 0.3) is 0 Å². The molecule has 1 rings (SSSR count). The highest BCUT2D eigenvalue weighted by atomic mass is 16.3. The lowest BCUT2D eigenvalue weighted by Gasteiger charge is -2.16. The molecule has 4 nitrogen and oxygen atoms in total. The smallest absolute Gasteiger partial charge is 0.111 e. The quantitative estimate of drug-likeness (QED) is 0.768. The fourth-order valence-electron chi connectivity index (χ4n) is 1.19. The zero-order valence-electron chi connectivity index (χ0n) is 8.65. The van der Waals surface area contributed by atoms with E-state index in [0.717, 1.165) is 5.69 Å². The van der Waals surface area contributed by atoms with Crippen molar-refractivity contribution in [3.8, 4) is 0 Å². The number of aromatic nitrogens is 3. The van der Waals surface area contributed by atoms with Gasteiger partial charge in [-0.05, 0) is 19.8 Å². The van der Waals surface area contributed by atoms with E-state index in [2.05, 4.69) is 31.1 Å². The lowest BCUT2D eigenvalue weighted by atomic mass is 10.1. The maximum Gasteiger partial charge on any atom is 0.111 e. The zero-order valence-corrected chi connectivity index (χ0v) is 8.65. The Kier molecular flexibility index (Phi) is 3.03. The highest BCUT2D eigenvalue weighted by molar-refractivity contribution is 5.07. The molecule has 0 amide bonds. The Morgan fingerprint density at radius 1 is 1.38 bits per heavy atom. The number of hydrogen-bond acceptors (Lipinski definition) is 3. The molecule has 1 aromatic rings. The standard InChI is InChI=1S/C9H17N3O/c1-6(2)7(3)12-8(4)9(5-13)10-11-12/h6-7,13H,5H2,1-4H3. The lowest BCUT2D eigenvalue weighted by Crippen LogP contribution is -2.14. The lowest BCUT2D eigenvalue weighted by molar-refractivity contribution is 0.275. The second-order valence-corrected chi connectivity index (χ2v) is 3.71. The molecule has 13 heavy (non-hydrogen) atoms. The van der Waals surface area contributed by atoms with Crippen LogP contribution in [0.3, 0.4) is 0 Å². The first kappa shape index (κ1) is 10.2. The molecule has 0 aliphatic heterocycles. The van der Waals surface area contributed by atoms with Crippen molar-refractivity contribution in [2.24, 2.45) is 5.92 Å². The van der Waals surface area contributed by atoms with Crippen molar-refractivity contribution in [1.29, 1.82) is 0 Å². The van der Waals surface area contributed by atoms with Crippen LogP contribution < -0.4 is 0 Å². The molecule has 0 fully saturated rings. The van der Waals surface area contributed by atoms with Gasteiger partial charge >= 0.3 is 0 Å². The average Bonchev–Trinajstić information content (AvgIpc) is 2.45. The summed E-state index contributed by atoms with van der Waals surface area (Å²) in [5.41, 5.74) is 1.64. The Bertz CT molecular complexity index is 280. The van der Waals surface area contributed by atoms with Gasteiger partial charge in [0.25, 0.3) is 0 Å². The predicted molar refractivity (Wildman–Crippen MR) is 50.2 cm³/mol. The SMILES string of the molecule is Cc1c(CO)nnn1C(C)C(C)C. The summed E-state index contributed by atoms with van der Waals surface area (Å²) in [6.07, 6.45) is 0. The summed E-state index contributed by atoms with van der Waals surface area (Å²) in [6, 6.07) is 0.327. The van der Waals surface area contributed by atoms with Gasteiger partial charge in [-0.15, -0.1) is 5.10 Å². The Morgan fingerprint density at radius 3 is 2.38 bits per heavy atom. The molecule has 1 unspecified atom stereocenters. The summed E-state index contributed by atoms with van der Waals surface area (Å²) in [7, 11) is 0. The van der Waals surface area contributed by atoms with Crippen molar-refractivity contribution < 1.29 is 5.11 Å². The molecule has 74 valence electrons. The Balaban J connectivity index is 2.95. The van der Waals surface area contributed by atoms with E-state index < -0.39 is 0 Å². The van der Waals surface area contributed by atoms with Crippen molar-refractivity contribution >= 4 is 0 Å².